The average Bonchev–Trinajstić information content (AvgIpc) is 2.70. The number of anilines is 2. The third-order valence-corrected chi connectivity index (χ3v) is 3.78. The molecule has 0 saturated carbocycles. The zero-order chi connectivity index (χ0) is 19.2. The fourth-order valence-corrected chi connectivity index (χ4v) is 2.37. The van der Waals surface area contributed by atoms with Gasteiger partial charge >= 0.3 is 0 Å². The van der Waals surface area contributed by atoms with Gasteiger partial charge in [-0.15, -0.1) is 0 Å². The van der Waals surface area contributed by atoms with Gasteiger partial charge in [0.1, 0.15) is 0 Å². The molecular weight excluding hydrogens is 346 g/mol. The molecule has 0 radical (unpaired) electrons. The molecule has 7 heteroatoms. The molecule has 0 unspecified atom stereocenters. The van der Waals surface area contributed by atoms with E-state index in [1.165, 1.54) is 24.3 Å². The molecule has 0 aromatic heterocycles. The molecule has 0 aliphatic carbocycles. The fraction of sp³-hybridized carbons (Fsp3) is 0. The summed E-state index contributed by atoms with van der Waals surface area (Å²) >= 11 is 0. The second-order valence-electron chi connectivity index (χ2n) is 5.66. The van der Waals surface area contributed by atoms with Gasteiger partial charge in [-0.1, -0.05) is 18.2 Å². The first-order valence-corrected chi connectivity index (χ1v) is 8.05. The molecule has 3 aromatic rings. The smallest absolute Gasteiger partial charge is 0.269 e. The van der Waals surface area contributed by atoms with E-state index in [0.29, 0.717) is 22.5 Å². The van der Waals surface area contributed by atoms with Crippen molar-refractivity contribution in [2.75, 3.05) is 10.6 Å². The summed E-state index contributed by atoms with van der Waals surface area (Å²) in [6.45, 7) is 0. The van der Waals surface area contributed by atoms with Crippen LogP contribution < -0.4 is 10.6 Å². The third kappa shape index (κ3) is 4.55. The third-order valence-electron chi connectivity index (χ3n) is 3.78. The van der Waals surface area contributed by atoms with E-state index in [-0.39, 0.29) is 17.5 Å². The van der Waals surface area contributed by atoms with Crippen LogP contribution in [0.4, 0.5) is 17.1 Å². The predicted octanol–water partition coefficient (Wildman–Crippen LogP) is 4.10. The summed E-state index contributed by atoms with van der Waals surface area (Å²) in [6.07, 6.45) is 0. The van der Waals surface area contributed by atoms with E-state index >= 15 is 0 Å². The molecule has 3 rings (SSSR count). The summed E-state index contributed by atoms with van der Waals surface area (Å²) in [6, 6.07) is 20.8. The highest BCUT2D eigenvalue weighted by Crippen LogP contribution is 2.17. The van der Waals surface area contributed by atoms with Gasteiger partial charge in [-0.25, -0.2) is 0 Å². The Labute approximate surface area is 154 Å². The fourth-order valence-electron chi connectivity index (χ4n) is 2.37. The molecule has 3 aromatic carbocycles. The van der Waals surface area contributed by atoms with Crippen LogP contribution in [0.2, 0.25) is 0 Å². The molecule has 134 valence electrons. The summed E-state index contributed by atoms with van der Waals surface area (Å²) < 4.78 is 0. The van der Waals surface area contributed by atoms with Gasteiger partial charge in [-0.2, -0.15) is 0 Å². The maximum atomic E-state index is 12.2. The van der Waals surface area contributed by atoms with Crippen molar-refractivity contribution in [2.24, 2.45) is 0 Å². The Hall–Kier alpha value is -4.00. The van der Waals surface area contributed by atoms with E-state index in [9.17, 15) is 19.7 Å². The molecule has 0 aliphatic rings. The van der Waals surface area contributed by atoms with Crippen molar-refractivity contribution >= 4 is 28.9 Å². The number of nitrogens with zero attached hydrogens (tertiary/aromatic N) is 1. The number of non-ortho nitro benzene ring substituents is 1. The Morgan fingerprint density at radius 1 is 0.667 bits per heavy atom. The van der Waals surface area contributed by atoms with Crippen molar-refractivity contribution < 1.29 is 14.5 Å². The van der Waals surface area contributed by atoms with Crippen molar-refractivity contribution in [2.45, 2.75) is 0 Å². The van der Waals surface area contributed by atoms with Crippen molar-refractivity contribution in [1.82, 2.24) is 0 Å². The molecule has 0 atom stereocenters. The molecule has 0 saturated heterocycles. The zero-order valence-corrected chi connectivity index (χ0v) is 14.1. The lowest BCUT2D eigenvalue weighted by atomic mass is 10.2. The van der Waals surface area contributed by atoms with Crippen LogP contribution in [0.1, 0.15) is 20.7 Å². The maximum Gasteiger partial charge on any atom is 0.269 e. The number of carbonyl (C=O) groups is 2. The highest BCUT2D eigenvalue weighted by Gasteiger charge is 2.10. The largest absolute Gasteiger partial charge is 0.322 e. The minimum atomic E-state index is -0.524. The van der Waals surface area contributed by atoms with Crippen molar-refractivity contribution in [1.29, 1.82) is 0 Å². The van der Waals surface area contributed by atoms with E-state index in [1.54, 1.807) is 48.5 Å². The van der Waals surface area contributed by atoms with Crippen LogP contribution in [-0.2, 0) is 0 Å². The number of nitro benzene ring substituents is 1. The van der Waals surface area contributed by atoms with Crippen LogP contribution in [0.25, 0.3) is 0 Å². The monoisotopic (exact) mass is 361 g/mol. The minimum Gasteiger partial charge on any atom is -0.322 e. The van der Waals surface area contributed by atoms with Gasteiger partial charge in [0.15, 0.2) is 0 Å². The van der Waals surface area contributed by atoms with Gasteiger partial charge in [-0.05, 0) is 48.5 Å². The van der Waals surface area contributed by atoms with Gasteiger partial charge in [0.25, 0.3) is 17.5 Å². The molecule has 27 heavy (non-hydrogen) atoms. The van der Waals surface area contributed by atoms with Crippen LogP contribution in [-0.4, -0.2) is 16.7 Å². The topological polar surface area (TPSA) is 101 Å². The van der Waals surface area contributed by atoms with Gasteiger partial charge in [0, 0.05) is 34.6 Å². The Kier molecular flexibility index (Phi) is 5.22. The van der Waals surface area contributed by atoms with Crippen LogP contribution >= 0.6 is 0 Å². The molecule has 0 fully saturated rings. The van der Waals surface area contributed by atoms with Crippen molar-refractivity contribution in [3.05, 3.63) is 100 Å². The molecule has 0 heterocycles. The Morgan fingerprint density at radius 2 is 1.11 bits per heavy atom. The van der Waals surface area contributed by atoms with Gasteiger partial charge in [0.2, 0.25) is 0 Å². The summed E-state index contributed by atoms with van der Waals surface area (Å²) in [5, 5.41) is 16.1. The first-order valence-electron chi connectivity index (χ1n) is 8.05. The number of nitrogens with one attached hydrogen (secondary N) is 2. The lowest BCUT2D eigenvalue weighted by molar-refractivity contribution is -0.384. The molecule has 2 amide bonds. The first kappa shape index (κ1) is 17.8. The van der Waals surface area contributed by atoms with Gasteiger partial charge in [-0.3, -0.25) is 19.7 Å². The van der Waals surface area contributed by atoms with E-state index in [0.717, 1.165) is 0 Å². The quantitative estimate of drug-likeness (QED) is 0.527. The number of rotatable bonds is 5. The second-order valence-corrected chi connectivity index (χ2v) is 5.66. The molecule has 2 N–H and O–H groups in total. The van der Waals surface area contributed by atoms with E-state index in [2.05, 4.69) is 10.6 Å². The Bertz CT molecular complexity index is 968. The standard InChI is InChI=1S/C20H15N3O4/c24-19(14-4-2-1-3-5-14)21-16-8-10-17(11-9-16)22-20(25)15-6-12-18(13-7-15)23(26)27/h1-13H,(H,21,24)(H,22,25). The summed E-state index contributed by atoms with van der Waals surface area (Å²) in [4.78, 5) is 34.4. The maximum absolute atomic E-state index is 12.2. The van der Waals surface area contributed by atoms with E-state index in [1.807, 2.05) is 6.07 Å². The normalized spacial score (nSPS) is 10.1. The first-order chi connectivity index (χ1) is 13.0. The Balaban J connectivity index is 1.62. The van der Waals surface area contributed by atoms with Crippen LogP contribution in [0.3, 0.4) is 0 Å². The lowest BCUT2D eigenvalue weighted by Gasteiger charge is -2.08. The van der Waals surface area contributed by atoms with Crippen molar-refractivity contribution in [3.63, 3.8) is 0 Å². The number of carbonyl (C=O) groups excluding carboxylic acids is 2. The van der Waals surface area contributed by atoms with Crippen molar-refractivity contribution in [3.8, 4) is 0 Å². The van der Waals surface area contributed by atoms with Crippen LogP contribution in [0.5, 0.6) is 0 Å². The molecular formula is C20H15N3O4. The zero-order valence-electron chi connectivity index (χ0n) is 14.1. The lowest BCUT2D eigenvalue weighted by Crippen LogP contribution is -2.13. The van der Waals surface area contributed by atoms with Crippen LogP contribution in [0, 0.1) is 10.1 Å². The van der Waals surface area contributed by atoms with Crippen LogP contribution in [0.15, 0.2) is 78.9 Å². The minimum absolute atomic E-state index is 0.0786. The summed E-state index contributed by atoms with van der Waals surface area (Å²) in [7, 11) is 0. The van der Waals surface area contributed by atoms with E-state index in [4.69, 9.17) is 0 Å². The summed E-state index contributed by atoms with van der Waals surface area (Å²) in [5.74, 6) is -0.607. The summed E-state index contributed by atoms with van der Waals surface area (Å²) in [5.41, 5.74) is 1.91. The second kappa shape index (κ2) is 7.92. The number of hydrogen-bond acceptors (Lipinski definition) is 4. The Morgan fingerprint density at radius 3 is 1.56 bits per heavy atom. The number of hydrogen-bond donors (Lipinski definition) is 2. The molecule has 0 aliphatic heterocycles. The predicted molar refractivity (Wildman–Crippen MR) is 102 cm³/mol. The molecule has 0 spiro atoms. The van der Waals surface area contributed by atoms with Gasteiger partial charge in [0.05, 0.1) is 4.92 Å². The molecule has 7 nitrogen and oxygen atoms in total. The van der Waals surface area contributed by atoms with E-state index < -0.39 is 4.92 Å². The average molecular weight is 361 g/mol. The number of amides is 2. The van der Waals surface area contributed by atoms with Gasteiger partial charge < -0.3 is 10.6 Å². The highest BCUT2D eigenvalue weighted by molar-refractivity contribution is 6.05. The number of benzene rings is 3. The number of nitro groups is 1. The molecule has 0 bridgehead atoms. The SMILES string of the molecule is O=C(Nc1ccc(NC(=O)c2ccc([N+](=O)[O-])cc2)cc1)c1ccccc1. The highest BCUT2D eigenvalue weighted by atomic mass is 16.6.